The summed E-state index contributed by atoms with van der Waals surface area (Å²) in [6.45, 7) is 6.43. The molecule has 0 fully saturated rings. The number of ether oxygens (including phenoxy) is 2. The van der Waals surface area contributed by atoms with Crippen LogP contribution in [-0.4, -0.2) is 45.5 Å². The third kappa shape index (κ3) is 6.93. The van der Waals surface area contributed by atoms with Gasteiger partial charge in [0.05, 0.1) is 29.4 Å². The van der Waals surface area contributed by atoms with E-state index in [1.54, 1.807) is 30.3 Å². The molecule has 2 amide bonds. The molecule has 0 bridgehead atoms. The number of amides is 2. The van der Waals surface area contributed by atoms with Crippen LogP contribution in [0.25, 0.3) is 0 Å². The Labute approximate surface area is 193 Å². The molecular formula is C23H29N3O6S. The summed E-state index contributed by atoms with van der Waals surface area (Å²) in [5.41, 5.74) is 0.253. The van der Waals surface area contributed by atoms with Crippen molar-refractivity contribution >= 4 is 27.5 Å². The second-order valence-corrected chi connectivity index (χ2v) is 10.4. The van der Waals surface area contributed by atoms with Crippen molar-refractivity contribution in [1.29, 1.82) is 0 Å². The number of hydrogen-bond acceptors (Lipinski definition) is 6. The summed E-state index contributed by atoms with van der Waals surface area (Å²) in [5.74, 6) is 0.138. The molecule has 1 aliphatic heterocycles. The van der Waals surface area contributed by atoms with Crippen LogP contribution >= 0.6 is 0 Å². The third-order valence-electron chi connectivity index (χ3n) is 4.61. The summed E-state index contributed by atoms with van der Waals surface area (Å²) in [7, 11) is -3.85. The molecule has 0 aromatic heterocycles. The fourth-order valence-corrected chi connectivity index (χ4v) is 4.15. The zero-order valence-electron chi connectivity index (χ0n) is 18.9. The van der Waals surface area contributed by atoms with Gasteiger partial charge in [0.1, 0.15) is 0 Å². The van der Waals surface area contributed by atoms with Crippen LogP contribution in [-0.2, 0) is 14.8 Å². The van der Waals surface area contributed by atoms with Crippen molar-refractivity contribution in [3.63, 3.8) is 0 Å². The van der Waals surface area contributed by atoms with Gasteiger partial charge in [-0.2, -0.15) is 0 Å². The van der Waals surface area contributed by atoms with E-state index in [4.69, 9.17) is 9.47 Å². The molecule has 1 heterocycles. The Bertz CT molecular complexity index is 1130. The van der Waals surface area contributed by atoms with Crippen LogP contribution in [0.2, 0.25) is 0 Å². The van der Waals surface area contributed by atoms with Crippen LogP contribution < -0.4 is 24.8 Å². The number of benzene rings is 2. The van der Waals surface area contributed by atoms with Crippen molar-refractivity contribution in [2.75, 3.05) is 25.1 Å². The maximum absolute atomic E-state index is 12.6. The van der Waals surface area contributed by atoms with Gasteiger partial charge >= 0.3 is 0 Å². The van der Waals surface area contributed by atoms with E-state index in [-0.39, 0.29) is 23.8 Å². The molecule has 2 aromatic carbocycles. The summed E-state index contributed by atoms with van der Waals surface area (Å²) in [6.07, 6.45) is 0.601. The second kappa shape index (κ2) is 10.2. The van der Waals surface area contributed by atoms with Crippen molar-refractivity contribution < 1.29 is 27.5 Å². The first-order valence-corrected chi connectivity index (χ1v) is 12.1. The number of para-hydroxylation sites is 1. The third-order valence-corrected chi connectivity index (χ3v) is 6.07. The first-order valence-electron chi connectivity index (χ1n) is 10.7. The van der Waals surface area contributed by atoms with Crippen LogP contribution in [0, 0.1) is 0 Å². The fraction of sp³-hybridized carbons (Fsp3) is 0.391. The van der Waals surface area contributed by atoms with Crippen LogP contribution in [0.3, 0.4) is 0 Å². The summed E-state index contributed by atoms with van der Waals surface area (Å²) >= 11 is 0. The average molecular weight is 476 g/mol. The summed E-state index contributed by atoms with van der Waals surface area (Å²) in [6, 6.07) is 11.0. The SMILES string of the molecule is CC(C)(C)NC(=O)c1ccccc1NC(=O)CCNS(=O)(=O)c1ccc2c(c1)OCCCO2. The molecule has 2 aromatic rings. The summed E-state index contributed by atoms with van der Waals surface area (Å²) in [4.78, 5) is 25.0. The summed E-state index contributed by atoms with van der Waals surface area (Å²) in [5, 5.41) is 5.53. The highest BCUT2D eigenvalue weighted by molar-refractivity contribution is 7.89. The molecule has 9 nitrogen and oxygen atoms in total. The fourth-order valence-electron chi connectivity index (χ4n) is 3.10. The molecule has 0 spiro atoms. The van der Waals surface area contributed by atoms with Gasteiger partial charge in [-0.25, -0.2) is 13.1 Å². The van der Waals surface area contributed by atoms with E-state index >= 15 is 0 Å². The van der Waals surface area contributed by atoms with E-state index in [0.717, 1.165) is 0 Å². The maximum Gasteiger partial charge on any atom is 0.253 e. The lowest BCUT2D eigenvalue weighted by molar-refractivity contribution is -0.116. The van der Waals surface area contributed by atoms with Crippen LogP contribution in [0.1, 0.15) is 44.0 Å². The van der Waals surface area contributed by atoms with Crippen LogP contribution in [0.5, 0.6) is 11.5 Å². The molecule has 3 N–H and O–H groups in total. The zero-order valence-corrected chi connectivity index (χ0v) is 19.8. The number of carbonyl (C=O) groups excluding carboxylic acids is 2. The van der Waals surface area contributed by atoms with Crippen molar-refractivity contribution in [2.45, 2.75) is 44.0 Å². The lowest BCUT2D eigenvalue weighted by atomic mass is 10.1. The number of nitrogens with one attached hydrogen (secondary N) is 3. The number of carbonyl (C=O) groups is 2. The first-order chi connectivity index (χ1) is 15.5. The number of fused-ring (bicyclic) bond motifs is 1. The molecule has 3 rings (SSSR count). The molecule has 0 saturated heterocycles. The van der Waals surface area contributed by atoms with Gasteiger partial charge in [-0.3, -0.25) is 9.59 Å². The van der Waals surface area contributed by atoms with Gasteiger partial charge in [-0.05, 0) is 45.0 Å². The van der Waals surface area contributed by atoms with Gasteiger partial charge in [0.2, 0.25) is 15.9 Å². The highest BCUT2D eigenvalue weighted by atomic mass is 32.2. The van der Waals surface area contributed by atoms with Crippen molar-refractivity contribution in [2.24, 2.45) is 0 Å². The van der Waals surface area contributed by atoms with Gasteiger partial charge in [-0.1, -0.05) is 12.1 Å². The Hall–Kier alpha value is -3.11. The molecule has 1 aliphatic rings. The number of rotatable bonds is 7. The van der Waals surface area contributed by atoms with E-state index < -0.39 is 21.5 Å². The van der Waals surface area contributed by atoms with Gasteiger partial charge in [0.25, 0.3) is 5.91 Å². The minimum Gasteiger partial charge on any atom is -0.490 e. The Kier molecular flexibility index (Phi) is 7.60. The van der Waals surface area contributed by atoms with E-state index in [9.17, 15) is 18.0 Å². The largest absolute Gasteiger partial charge is 0.490 e. The molecule has 0 unspecified atom stereocenters. The van der Waals surface area contributed by atoms with Crippen molar-refractivity contribution in [3.05, 3.63) is 48.0 Å². The van der Waals surface area contributed by atoms with Crippen LogP contribution in [0.4, 0.5) is 5.69 Å². The van der Waals surface area contributed by atoms with Crippen molar-refractivity contribution in [1.82, 2.24) is 10.0 Å². The topological polar surface area (TPSA) is 123 Å². The zero-order chi connectivity index (χ0) is 24.1. The maximum atomic E-state index is 12.6. The standard InChI is InChI=1S/C23H29N3O6S/c1-23(2,3)26-22(28)17-7-4-5-8-18(17)25-21(27)11-12-24-33(29,30)16-9-10-19-20(15-16)32-14-6-13-31-19/h4-5,7-10,15,24H,6,11-14H2,1-3H3,(H,25,27)(H,26,28). The van der Waals surface area contributed by atoms with E-state index in [1.165, 1.54) is 12.1 Å². The monoisotopic (exact) mass is 475 g/mol. The molecule has 178 valence electrons. The smallest absolute Gasteiger partial charge is 0.253 e. The Balaban J connectivity index is 1.59. The lowest BCUT2D eigenvalue weighted by Gasteiger charge is -2.21. The van der Waals surface area contributed by atoms with Crippen LogP contribution in [0.15, 0.2) is 47.4 Å². The molecule has 0 saturated carbocycles. The minimum absolute atomic E-state index is 0.0244. The van der Waals surface area contributed by atoms with Gasteiger partial charge < -0.3 is 20.1 Å². The van der Waals surface area contributed by atoms with E-state index in [1.807, 2.05) is 20.8 Å². The number of anilines is 1. The normalized spacial score (nSPS) is 13.7. The number of hydrogen-bond donors (Lipinski definition) is 3. The predicted octanol–water partition coefficient (Wildman–Crippen LogP) is 2.68. The minimum atomic E-state index is -3.85. The van der Waals surface area contributed by atoms with Crippen molar-refractivity contribution in [3.8, 4) is 11.5 Å². The Morgan fingerprint density at radius 2 is 1.70 bits per heavy atom. The highest BCUT2D eigenvalue weighted by Crippen LogP contribution is 2.31. The molecule has 0 radical (unpaired) electrons. The second-order valence-electron chi connectivity index (χ2n) is 8.60. The molecule has 0 aliphatic carbocycles. The van der Waals surface area contributed by atoms with E-state index in [0.29, 0.717) is 42.4 Å². The van der Waals surface area contributed by atoms with Gasteiger partial charge in [0, 0.05) is 31.0 Å². The highest BCUT2D eigenvalue weighted by Gasteiger charge is 2.20. The Morgan fingerprint density at radius 1 is 1.00 bits per heavy atom. The quantitative estimate of drug-likeness (QED) is 0.566. The summed E-state index contributed by atoms with van der Waals surface area (Å²) < 4.78 is 38.7. The predicted molar refractivity (Wildman–Crippen MR) is 124 cm³/mol. The van der Waals surface area contributed by atoms with Gasteiger partial charge in [-0.15, -0.1) is 0 Å². The van der Waals surface area contributed by atoms with E-state index in [2.05, 4.69) is 15.4 Å². The molecule has 0 atom stereocenters. The average Bonchev–Trinajstić information content (AvgIpc) is 2.97. The first kappa shape index (κ1) is 24.5. The molecular weight excluding hydrogens is 446 g/mol. The lowest BCUT2D eigenvalue weighted by Crippen LogP contribution is -2.40. The van der Waals surface area contributed by atoms with Gasteiger partial charge in [0.15, 0.2) is 11.5 Å². The number of sulfonamides is 1. The molecule has 10 heteroatoms. The Morgan fingerprint density at radius 3 is 2.42 bits per heavy atom. The molecule has 33 heavy (non-hydrogen) atoms.